The van der Waals surface area contributed by atoms with Gasteiger partial charge in [0, 0.05) is 38.1 Å². The van der Waals surface area contributed by atoms with Gasteiger partial charge in [0.25, 0.3) is 5.24 Å². The number of hydrogen-bond donors (Lipinski definition) is 1. The van der Waals surface area contributed by atoms with E-state index in [-0.39, 0.29) is 17.7 Å². The summed E-state index contributed by atoms with van der Waals surface area (Å²) in [4.78, 5) is 31.6. The van der Waals surface area contributed by atoms with E-state index in [1.807, 2.05) is 18.3 Å². The normalized spacial score (nSPS) is 18.1. The van der Waals surface area contributed by atoms with E-state index < -0.39 is 0 Å². The summed E-state index contributed by atoms with van der Waals surface area (Å²) < 4.78 is 0. The first-order chi connectivity index (χ1) is 10.7. The van der Waals surface area contributed by atoms with Crippen LogP contribution < -0.4 is 10.2 Å². The van der Waals surface area contributed by atoms with Gasteiger partial charge in [-0.25, -0.2) is 4.98 Å². The molecule has 0 atom stereocenters. The summed E-state index contributed by atoms with van der Waals surface area (Å²) in [5.74, 6) is 1.65. The number of pyridine rings is 1. The quantitative estimate of drug-likeness (QED) is 0.890. The zero-order valence-corrected chi connectivity index (χ0v) is 13.3. The molecule has 2 amide bonds. The minimum absolute atomic E-state index is 0.00761. The van der Waals surface area contributed by atoms with Gasteiger partial charge in [0.1, 0.15) is 12.4 Å². The van der Waals surface area contributed by atoms with Crippen LogP contribution in [0.15, 0.2) is 18.3 Å². The van der Waals surface area contributed by atoms with Gasteiger partial charge in [0.15, 0.2) is 0 Å². The molecule has 2 aliphatic rings. The van der Waals surface area contributed by atoms with Crippen molar-refractivity contribution in [1.29, 1.82) is 0 Å². The number of carbonyl (C=O) groups is 2. The fourth-order valence-corrected chi connectivity index (χ4v) is 3.48. The number of nitrogens with one attached hydrogen (secondary N) is 1. The van der Waals surface area contributed by atoms with Gasteiger partial charge in [-0.1, -0.05) is 17.8 Å². The summed E-state index contributed by atoms with van der Waals surface area (Å²) in [5, 5.41) is 2.83. The van der Waals surface area contributed by atoms with Crippen molar-refractivity contribution in [3.63, 3.8) is 0 Å². The van der Waals surface area contributed by atoms with Gasteiger partial charge in [-0.05, 0) is 24.5 Å². The van der Waals surface area contributed by atoms with Crippen molar-refractivity contribution in [3.8, 4) is 0 Å². The largest absolute Gasteiger partial charge is 0.357 e. The molecule has 2 fully saturated rings. The fourth-order valence-electron chi connectivity index (χ4n) is 2.65. The maximum absolute atomic E-state index is 11.9. The van der Waals surface area contributed by atoms with Gasteiger partial charge in [-0.2, -0.15) is 0 Å². The highest BCUT2D eigenvalue weighted by atomic mass is 32.2. The highest BCUT2D eigenvalue weighted by Crippen LogP contribution is 2.18. The number of aromatic nitrogens is 1. The first-order valence-corrected chi connectivity index (χ1v) is 8.59. The van der Waals surface area contributed by atoms with Crippen LogP contribution in [0, 0.1) is 0 Å². The average Bonchev–Trinajstić information content (AvgIpc) is 3.18. The van der Waals surface area contributed by atoms with Crippen LogP contribution in [0.5, 0.6) is 0 Å². The highest BCUT2D eigenvalue weighted by Gasteiger charge is 2.23. The van der Waals surface area contributed by atoms with Gasteiger partial charge < -0.3 is 15.1 Å². The molecule has 0 aromatic carbocycles. The lowest BCUT2D eigenvalue weighted by atomic mass is 10.2. The third-order valence-electron chi connectivity index (χ3n) is 3.91. The molecule has 1 N–H and O–H groups in total. The van der Waals surface area contributed by atoms with Crippen LogP contribution in [0.3, 0.4) is 0 Å². The molecule has 1 aromatic heterocycles. The molecule has 3 heterocycles. The monoisotopic (exact) mass is 320 g/mol. The Hall–Kier alpha value is -1.76. The Kier molecular flexibility index (Phi) is 4.82. The molecule has 3 rings (SSSR count). The molecule has 0 bridgehead atoms. The van der Waals surface area contributed by atoms with Crippen LogP contribution in [-0.2, 0) is 11.3 Å². The molecule has 2 saturated heterocycles. The van der Waals surface area contributed by atoms with Crippen molar-refractivity contribution in [1.82, 2.24) is 15.2 Å². The van der Waals surface area contributed by atoms with Crippen LogP contribution in [-0.4, -0.2) is 53.0 Å². The number of nitrogens with zero attached hydrogens (tertiary/aromatic N) is 3. The molecule has 118 valence electrons. The molecule has 2 aliphatic heterocycles. The maximum atomic E-state index is 11.9. The van der Waals surface area contributed by atoms with Gasteiger partial charge in [0.2, 0.25) is 5.91 Å². The SMILES string of the molecule is O=C(CN1CCSC1=O)NCc1ccc(N2CCCC2)nc1. The van der Waals surface area contributed by atoms with E-state index in [0.717, 1.165) is 30.2 Å². The summed E-state index contributed by atoms with van der Waals surface area (Å²) in [6.07, 6.45) is 4.27. The van der Waals surface area contributed by atoms with Gasteiger partial charge in [-0.15, -0.1) is 0 Å². The lowest BCUT2D eigenvalue weighted by Gasteiger charge is -2.16. The summed E-state index contributed by atoms with van der Waals surface area (Å²) in [7, 11) is 0. The molecule has 0 unspecified atom stereocenters. The van der Waals surface area contributed by atoms with Crippen molar-refractivity contribution in [2.45, 2.75) is 19.4 Å². The lowest BCUT2D eigenvalue weighted by Crippen LogP contribution is -2.36. The summed E-state index contributed by atoms with van der Waals surface area (Å²) in [6.45, 7) is 3.39. The van der Waals surface area contributed by atoms with Crippen LogP contribution in [0.25, 0.3) is 0 Å². The average molecular weight is 320 g/mol. The Morgan fingerprint density at radius 1 is 1.27 bits per heavy atom. The lowest BCUT2D eigenvalue weighted by molar-refractivity contribution is -0.121. The van der Waals surface area contributed by atoms with E-state index in [2.05, 4.69) is 15.2 Å². The standard InChI is InChI=1S/C15H20N4O2S/c20-14(11-19-7-8-22-15(19)21)17-10-12-3-4-13(16-9-12)18-5-1-2-6-18/h3-4,9H,1-2,5-8,10-11H2,(H,17,20). The number of hydrogen-bond acceptors (Lipinski definition) is 5. The predicted molar refractivity (Wildman–Crippen MR) is 87.0 cm³/mol. The van der Waals surface area contributed by atoms with Crippen molar-refractivity contribution >= 4 is 28.7 Å². The van der Waals surface area contributed by atoms with Crippen LogP contribution in [0.1, 0.15) is 18.4 Å². The van der Waals surface area contributed by atoms with Gasteiger partial charge in [0.05, 0.1) is 0 Å². The maximum Gasteiger partial charge on any atom is 0.282 e. The molecular formula is C15H20N4O2S. The van der Waals surface area contributed by atoms with Crippen molar-refractivity contribution in [2.75, 3.05) is 36.8 Å². The Labute approximate surface area is 134 Å². The fraction of sp³-hybridized carbons (Fsp3) is 0.533. The predicted octanol–water partition coefficient (Wildman–Crippen LogP) is 1.47. The molecule has 0 aliphatic carbocycles. The first kappa shape index (κ1) is 15.1. The Bertz CT molecular complexity index is 543. The minimum Gasteiger partial charge on any atom is -0.357 e. The molecule has 0 saturated carbocycles. The molecule has 6 nitrogen and oxygen atoms in total. The Balaban J connectivity index is 1.46. The minimum atomic E-state index is -0.125. The van der Waals surface area contributed by atoms with Crippen molar-refractivity contribution in [2.24, 2.45) is 0 Å². The second-order valence-corrected chi connectivity index (χ2v) is 6.58. The van der Waals surface area contributed by atoms with Crippen molar-refractivity contribution in [3.05, 3.63) is 23.9 Å². The van der Waals surface area contributed by atoms with Gasteiger partial charge in [-0.3, -0.25) is 9.59 Å². The van der Waals surface area contributed by atoms with Crippen LogP contribution >= 0.6 is 11.8 Å². The second kappa shape index (κ2) is 7.00. The highest BCUT2D eigenvalue weighted by molar-refractivity contribution is 8.13. The van der Waals surface area contributed by atoms with E-state index in [1.54, 1.807) is 4.90 Å². The molecule has 1 aromatic rings. The van der Waals surface area contributed by atoms with E-state index in [1.165, 1.54) is 24.6 Å². The molecule has 22 heavy (non-hydrogen) atoms. The smallest absolute Gasteiger partial charge is 0.282 e. The number of amides is 2. The second-order valence-electron chi connectivity index (χ2n) is 5.53. The number of anilines is 1. The molecular weight excluding hydrogens is 300 g/mol. The van der Waals surface area contributed by atoms with E-state index in [9.17, 15) is 9.59 Å². The number of carbonyl (C=O) groups excluding carboxylic acids is 2. The van der Waals surface area contributed by atoms with Crippen LogP contribution in [0.2, 0.25) is 0 Å². The van der Waals surface area contributed by atoms with Crippen molar-refractivity contribution < 1.29 is 9.59 Å². The summed E-state index contributed by atoms with van der Waals surface area (Å²) in [5.41, 5.74) is 0.971. The molecule has 7 heteroatoms. The topological polar surface area (TPSA) is 65.5 Å². The van der Waals surface area contributed by atoms with Crippen LogP contribution in [0.4, 0.5) is 10.6 Å². The third-order valence-corrected chi connectivity index (χ3v) is 4.80. The summed E-state index contributed by atoms with van der Waals surface area (Å²) >= 11 is 1.27. The molecule has 0 radical (unpaired) electrons. The zero-order chi connectivity index (χ0) is 15.4. The van der Waals surface area contributed by atoms with E-state index in [0.29, 0.717) is 13.1 Å². The zero-order valence-electron chi connectivity index (χ0n) is 12.5. The Morgan fingerprint density at radius 3 is 2.73 bits per heavy atom. The Morgan fingerprint density at radius 2 is 2.09 bits per heavy atom. The van der Waals surface area contributed by atoms with E-state index >= 15 is 0 Å². The summed E-state index contributed by atoms with van der Waals surface area (Å²) in [6, 6.07) is 4.01. The third kappa shape index (κ3) is 3.71. The number of thioether (sulfide) groups is 1. The van der Waals surface area contributed by atoms with E-state index in [4.69, 9.17) is 0 Å². The first-order valence-electron chi connectivity index (χ1n) is 7.60. The number of rotatable bonds is 5. The molecule has 0 spiro atoms. The van der Waals surface area contributed by atoms with Gasteiger partial charge >= 0.3 is 0 Å².